The zero-order chi connectivity index (χ0) is 14.9. The molecule has 0 spiro atoms. The van der Waals surface area contributed by atoms with Crippen molar-refractivity contribution in [2.24, 2.45) is 0 Å². The van der Waals surface area contributed by atoms with E-state index in [0.717, 1.165) is 41.4 Å². The molecule has 20 heavy (non-hydrogen) atoms. The summed E-state index contributed by atoms with van der Waals surface area (Å²) in [5, 5.41) is 0. The van der Waals surface area contributed by atoms with E-state index in [4.69, 9.17) is 5.73 Å². The minimum Gasteiger partial charge on any atom is -0.398 e. The Labute approximate surface area is 125 Å². The van der Waals surface area contributed by atoms with Crippen LogP contribution < -0.4 is 5.73 Å². The van der Waals surface area contributed by atoms with E-state index in [1.807, 2.05) is 24.9 Å². The van der Waals surface area contributed by atoms with E-state index in [1.54, 1.807) is 0 Å². The molecular formula is C15H25N3OS. The molecule has 2 heterocycles. The number of likely N-dealkylation sites (tertiary alicyclic amines) is 1. The number of hydrogen-bond donors (Lipinski definition) is 1. The zero-order valence-corrected chi connectivity index (χ0v) is 13.7. The predicted molar refractivity (Wildman–Crippen MR) is 85.3 cm³/mol. The summed E-state index contributed by atoms with van der Waals surface area (Å²) >= 11 is 1.49. The fourth-order valence-corrected chi connectivity index (χ4v) is 3.65. The molecule has 0 bridgehead atoms. The van der Waals surface area contributed by atoms with E-state index in [0.29, 0.717) is 12.1 Å². The maximum atomic E-state index is 12.5. The maximum absolute atomic E-state index is 12.5. The highest BCUT2D eigenvalue weighted by Gasteiger charge is 2.27. The molecule has 0 aromatic carbocycles. The van der Waals surface area contributed by atoms with Crippen molar-refractivity contribution in [1.82, 2.24) is 9.80 Å². The lowest BCUT2D eigenvalue weighted by Crippen LogP contribution is -2.47. The molecule has 2 N–H and O–H groups in total. The van der Waals surface area contributed by atoms with Crippen molar-refractivity contribution >= 4 is 22.9 Å². The molecule has 5 heteroatoms. The molecule has 1 fully saturated rings. The van der Waals surface area contributed by atoms with Crippen LogP contribution in [-0.2, 0) is 0 Å². The van der Waals surface area contributed by atoms with Gasteiger partial charge in [-0.3, -0.25) is 4.79 Å². The molecule has 0 radical (unpaired) electrons. The zero-order valence-electron chi connectivity index (χ0n) is 12.8. The number of amides is 1. The number of aryl methyl sites for hydroxylation is 1. The van der Waals surface area contributed by atoms with Crippen LogP contribution in [0, 0.1) is 6.92 Å². The van der Waals surface area contributed by atoms with Gasteiger partial charge in [-0.25, -0.2) is 0 Å². The summed E-state index contributed by atoms with van der Waals surface area (Å²) in [4.78, 5) is 18.7. The summed E-state index contributed by atoms with van der Waals surface area (Å²) in [5.74, 6) is 0.109. The lowest BCUT2D eigenvalue weighted by atomic mass is 10.0. The molecule has 0 unspecified atom stereocenters. The van der Waals surface area contributed by atoms with Crippen molar-refractivity contribution in [3.8, 4) is 0 Å². The van der Waals surface area contributed by atoms with E-state index in [-0.39, 0.29) is 5.91 Å². The molecule has 1 aliphatic heterocycles. The summed E-state index contributed by atoms with van der Waals surface area (Å²) < 4.78 is 0. The van der Waals surface area contributed by atoms with Crippen molar-refractivity contribution in [2.75, 3.05) is 25.9 Å². The van der Waals surface area contributed by atoms with Gasteiger partial charge >= 0.3 is 0 Å². The summed E-state index contributed by atoms with van der Waals surface area (Å²) in [6.07, 6.45) is 2.11. The highest BCUT2D eigenvalue weighted by atomic mass is 32.1. The van der Waals surface area contributed by atoms with E-state index < -0.39 is 0 Å². The van der Waals surface area contributed by atoms with Crippen LogP contribution in [0.5, 0.6) is 0 Å². The Bertz CT molecular complexity index is 456. The molecule has 1 aromatic heterocycles. The average Bonchev–Trinajstić information content (AvgIpc) is 2.77. The molecular weight excluding hydrogens is 270 g/mol. The Morgan fingerprint density at radius 2 is 2.05 bits per heavy atom. The van der Waals surface area contributed by atoms with Crippen molar-refractivity contribution in [3.63, 3.8) is 0 Å². The highest BCUT2D eigenvalue weighted by Crippen LogP contribution is 2.26. The summed E-state index contributed by atoms with van der Waals surface area (Å²) in [5.41, 5.74) is 6.57. The Balaban J connectivity index is 1.98. The van der Waals surface area contributed by atoms with Crippen LogP contribution in [0.3, 0.4) is 0 Å². The van der Waals surface area contributed by atoms with Crippen LogP contribution in [0.25, 0.3) is 0 Å². The minimum atomic E-state index is 0.109. The largest absolute Gasteiger partial charge is 0.398 e. The number of rotatable bonds is 3. The third-order valence-corrected chi connectivity index (χ3v) is 5.32. The van der Waals surface area contributed by atoms with E-state index in [1.165, 1.54) is 11.3 Å². The summed E-state index contributed by atoms with van der Waals surface area (Å²) in [7, 11) is 1.92. The fourth-order valence-electron chi connectivity index (χ4n) is 2.73. The molecule has 1 aromatic rings. The van der Waals surface area contributed by atoms with Gasteiger partial charge in [0.1, 0.15) is 0 Å². The lowest BCUT2D eigenvalue weighted by Gasteiger charge is -2.38. The molecule has 0 aliphatic carbocycles. The fraction of sp³-hybridized carbons (Fsp3) is 0.667. The quantitative estimate of drug-likeness (QED) is 0.932. The van der Waals surface area contributed by atoms with Crippen LogP contribution in [0.1, 0.15) is 41.2 Å². The highest BCUT2D eigenvalue weighted by molar-refractivity contribution is 7.14. The molecule has 1 amide bonds. The van der Waals surface area contributed by atoms with Gasteiger partial charge in [0.05, 0.1) is 4.88 Å². The first-order valence-electron chi connectivity index (χ1n) is 7.27. The molecule has 0 atom stereocenters. The first-order valence-corrected chi connectivity index (χ1v) is 8.09. The smallest absolute Gasteiger partial charge is 0.263 e. The number of carbonyl (C=O) groups is 1. The number of anilines is 1. The minimum absolute atomic E-state index is 0.109. The second-order valence-corrected chi connectivity index (χ2v) is 7.16. The number of nitrogens with zero attached hydrogens (tertiary/aromatic N) is 2. The second kappa shape index (κ2) is 6.14. The molecule has 2 rings (SSSR count). The topological polar surface area (TPSA) is 49.6 Å². The van der Waals surface area contributed by atoms with Crippen LogP contribution >= 0.6 is 11.3 Å². The third kappa shape index (κ3) is 3.15. The first-order chi connectivity index (χ1) is 9.40. The van der Waals surface area contributed by atoms with Gasteiger partial charge < -0.3 is 15.5 Å². The number of hydrogen-bond acceptors (Lipinski definition) is 4. The molecule has 112 valence electrons. The Morgan fingerprint density at radius 3 is 2.50 bits per heavy atom. The van der Waals surface area contributed by atoms with Gasteiger partial charge in [0, 0.05) is 42.8 Å². The van der Waals surface area contributed by atoms with E-state index in [2.05, 4.69) is 18.7 Å². The van der Waals surface area contributed by atoms with E-state index in [9.17, 15) is 4.79 Å². The standard InChI is InChI=1S/C15H25N3OS/c1-10(2)18-7-5-12(6-8-18)17(4)15(19)14-9-13(16)11(3)20-14/h9-10,12H,5-8,16H2,1-4H3. The van der Waals surface area contributed by atoms with Gasteiger partial charge in [0.25, 0.3) is 5.91 Å². The van der Waals surface area contributed by atoms with Crippen LogP contribution in [0.15, 0.2) is 6.07 Å². The molecule has 0 saturated carbocycles. The number of nitrogen functional groups attached to an aromatic ring is 1. The summed E-state index contributed by atoms with van der Waals surface area (Å²) in [6.45, 7) is 8.56. The number of piperidine rings is 1. The van der Waals surface area contributed by atoms with Gasteiger partial charge in [0.2, 0.25) is 0 Å². The maximum Gasteiger partial charge on any atom is 0.263 e. The normalized spacial score (nSPS) is 17.6. The number of nitrogens with two attached hydrogens (primary N) is 1. The van der Waals surface area contributed by atoms with Gasteiger partial charge in [0.15, 0.2) is 0 Å². The predicted octanol–water partition coefficient (Wildman–Crippen LogP) is 2.58. The van der Waals surface area contributed by atoms with Gasteiger partial charge in [-0.2, -0.15) is 0 Å². The van der Waals surface area contributed by atoms with Gasteiger partial charge in [-0.1, -0.05) is 0 Å². The Hall–Kier alpha value is -1.07. The Kier molecular flexibility index (Phi) is 4.70. The van der Waals surface area contributed by atoms with Crippen molar-refractivity contribution in [3.05, 3.63) is 15.8 Å². The van der Waals surface area contributed by atoms with Crippen molar-refractivity contribution in [2.45, 2.75) is 45.7 Å². The van der Waals surface area contributed by atoms with Crippen molar-refractivity contribution < 1.29 is 4.79 Å². The van der Waals surface area contributed by atoms with Crippen molar-refractivity contribution in [1.29, 1.82) is 0 Å². The SMILES string of the molecule is Cc1sc(C(=O)N(C)C2CCN(C(C)C)CC2)cc1N. The molecule has 4 nitrogen and oxygen atoms in total. The molecule has 1 aliphatic rings. The lowest BCUT2D eigenvalue weighted by molar-refractivity contribution is 0.0620. The number of thiophene rings is 1. The van der Waals surface area contributed by atoms with Gasteiger partial charge in [-0.15, -0.1) is 11.3 Å². The monoisotopic (exact) mass is 295 g/mol. The third-order valence-electron chi connectivity index (χ3n) is 4.26. The van der Waals surface area contributed by atoms with Crippen LogP contribution in [-0.4, -0.2) is 47.9 Å². The molecule has 1 saturated heterocycles. The van der Waals surface area contributed by atoms with Crippen LogP contribution in [0.2, 0.25) is 0 Å². The number of carbonyl (C=O) groups excluding carboxylic acids is 1. The first kappa shape index (κ1) is 15.3. The van der Waals surface area contributed by atoms with E-state index >= 15 is 0 Å². The average molecular weight is 295 g/mol. The summed E-state index contributed by atoms with van der Waals surface area (Å²) in [6, 6.07) is 2.75. The second-order valence-electron chi connectivity index (χ2n) is 5.90. The Morgan fingerprint density at radius 1 is 1.45 bits per heavy atom. The van der Waals surface area contributed by atoms with Gasteiger partial charge in [-0.05, 0) is 39.7 Å². The van der Waals surface area contributed by atoms with Crippen LogP contribution in [0.4, 0.5) is 5.69 Å².